The monoisotopic (exact) mass is 110 g/mol. The van der Waals surface area contributed by atoms with Crippen molar-refractivity contribution in [2.45, 2.75) is 19.8 Å². The van der Waals surface area contributed by atoms with Crippen LogP contribution in [0.2, 0.25) is 0 Å². The Morgan fingerprint density at radius 1 is 1.50 bits per heavy atom. The van der Waals surface area contributed by atoms with Gasteiger partial charge >= 0.3 is 0 Å². The molecular formula is C6H13BN. The summed E-state index contributed by atoms with van der Waals surface area (Å²) in [5.74, 6) is 0.925. The quantitative estimate of drug-likeness (QED) is 0.451. The molecule has 1 nitrogen and oxygen atoms in total. The summed E-state index contributed by atoms with van der Waals surface area (Å²) in [6.45, 7) is 4.77. The second-order valence-corrected chi connectivity index (χ2v) is 2.45. The minimum atomic E-state index is 0. The molecule has 0 amide bonds. The summed E-state index contributed by atoms with van der Waals surface area (Å²) in [7, 11) is 0. The van der Waals surface area contributed by atoms with Gasteiger partial charge in [-0.1, -0.05) is 6.92 Å². The van der Waals surface area contributed by atoms with Crippen molar-refractivity contribution in [3.05, 3.63) is 0 Å². The molecule has 1 unspecified atom stereocenters. The molecule has 1 aliphatic heterocycles. The highest BCUT2D eigenvalue weighted by atomic mass is 14.9. The van der Waals surface area contributed by atoms with Gasteiger partial charge in [0.15, 0.2) is 0 Å². The van der Waals surface area contributed by atoms with Crippen LogP contribution >= 0.6 is 0 Å². The Hall–Kier alpha value is 0.0249. The van der Waals surface area contributed by atoms with Crippen LogP contribution in [0, 0.1) is 5.92 Å². The largest absolute Gasteiger partial charge is 0.316 e. The van der Waals surface area contributed by atoms with Gasteiger partial charge in [0.1, 0.15) is 0 Å². The van der Waals surface area contributed by atoms with E-state index in [0.717, 1.165) is 5.92 Å². The lowest BCUT2D eigenvalue weighted by atomic mass is 10.0. The fourth-order valence-electron chi connectivity index (χ4n) is 1.03. The topological polar surface area (TPSA) is 12.0 Å². The summed E-state index contributed by atoms with van der Waals surface area (Å²) in [6.07, 6.45) is 2.80. The van der Waals surface area contributed by atoms with Crippen molar-refractivity contribution >= 4 is 8.41 Å². The molecule has 0 aromatic heterocycles. The van der Waals surface area contributed by atoms with Crippen molar-refractivity contribution in [3.8, 4) is 0 Å². The van der Waals surface area contributed by atoms with Gasteiger partial charge in [-0.25, -0.2) is 0 Å². The second-order valence-electron chi connectivity index (χ2n) is 2.45. The fraction of sp³-hybridized carbons (Fsp3) is 1.00. The molecule has 1 fully saturated rings. The first-order valence-corrected chi connectivity index (χ1v) is 3.10. The maximum Gasteiger partial charge on any atom is 0 e. The standard InChI is InChI=1S/C6H13N.B/c1-6-3-2-4-7-5-6;/h6-7H,2-5H2,1H3;. The fourth-order valence-corrected chi connectivity index (χ4v) is 1.03. The highest BCUT2D eigenvalue weighted by Crippen LogP contribution is 2.06. The van der Waals surface area contributed by atoms with E-state index in [4.69, 9.17) is 0 Å². The Morgan fingerprint density at radius 3 is 2.50 bits per heavy atom. The zero-order valence-electron chi connectivity index (χ0n) is 5.48. The number of nitrogens with one attached hydrogen (secondary N) is 1. The Balaban J connectivity index is 0.000000490. The number of piperidine rings is 1. The van der Waals surface area contributed by atoms with E-state index in [1.54, 1.807) is 0 Å². The molecule has 0 bridgehead atoms. The van der Waals surface area contributed by atoms with Crippen molar-refractivity contribution in [2.24, 2.45) is 5.92 Å². The molecule has 2 heteroatoms. The van der Waals surface area contributed by atoms with Crippen LogP contribution in [0.5, 0.6) is 0 Å². The number of rotatable bonds is 0. The van der Waals surface area contributed by atoms with Crippen LogP contribution in [0.25, 0.3) is 0 Å². The SMILES string of the molecule is CC1CCCNC1.[B]. The Morgan fingerprint density at radius 2 is 2.25 bits per heavy atom. The van der Waals surface area contributed by atoms with Crippen LogP contribution in [0.15, 0.2) is 0 Å². The van der Waals surface area contributed by atoms with Crippen LogP contribution in [0.3, 0.4) is 0 Å². The molecule has 1 N–H and O–H groups in total. The summed E-state index contributed by atoms with van der Waals surface area (Å²) < 4.78 is 0. The molecule has 0 aromatic carbocycles. The van der Waals surface area contributed by atoms with Crippen molar-refractivity contribution in [1.82, 2.24) is 5.32 Å². The maximum atomic E-state index is 3.33. The molecule has 0 aliphatic carbocycles. The summed E-state index contributed by atoms with van der Waals surface area (Å²) in [5.41, 5.74) is 0. The highest BCUT2D eigenvalue weighted by molar-refractivity contribution is 5.75. The molecule has 3 radical (unpaired) electrons. The Kier molecular flexibility index (Phi) is 3.97. The second kappa shape index (κ2) is 3.96. The predicted octanol–water partition coefficient (Wildman–Crippen LogP) is 0.625. The molecule has 0 saturated carbocycles. The molecule has 0 spiro atoms. The van der Waals surface area contributed by atoms with Gasteiger partial charge in [0.05, 0.1) is 0 Å². The summed E-state index contributed by atoms with van der Waals surface area (Å²) in [4.78, 5) is 0. The molecule has 0 aromatic rings. The summed E-state index contributed by atoms with van der Waals surface area (Å²) >= 11 is 0. The average Bonchev–Trinajstić information content (AvgIpc) is 1.69. The molecule has 1 rings (SSSR count). The van der Waals surface area contributed by atoms with Gasteiger partial charge in [-0.05, 0) is 31.8 Å². The lowest BCUT2D eigenvalue weighted by molar-refractivity contribution is 0.405. The van der Waals surface area contributed by atoms with E-state index in [0.29, 0.717) is 0 Å². The first kappa shape index (κ1) is 8.02. The van der Waals surface area contributed by atoms with Crippen LogP contribution < -0.4 is 5.32 Å². The van der Waals surface area contributed by atoms with E-state index in [9.17, 15) is 0 Å². The molecule has 45 valence electrons. The van der Waals surface area contributed by atoms with Crippen LogP contribution in [-0.4, -0.2) is 21.5 Å². The zero-order chi connectivity index (χ0) is 5.11. The van der Waals surface area contributed by atoms with Crippen LogP contribution in [0.4, 0.5) is 0 Å². The lowest BCUT2D eigenvalue weighted by Gasteiger charge is -2.17. The normalized spacial score (nSPS) is 28.9. The summed E-state index contributed by atoms with van der Waals surface area (Å²) in [6, 6.07) is 0. The van der Waals surface area contributed by atoms with Crippen molar-refractivity contribution in [2.75, 3.05) is 13.1 Å². The predicted molar refractivity (Wildman–Crippen MR) is 37.0 cm³/mol. The number of hydrogen-bond acceptors (Lipinski definition) is 1. The van der Waals surface area contributed by atoms with Crippen LogP contribution in [0.1, 0.15) is 19.8 Å². The first-order valence-electron chi connectivity index (χ1n) is 3.10. The minimum Gasteiger partial charge on any atom is -0.316 e. The maximum absolute atomic E-state index is 3.33. The van der Waals surface area contributed by atoms with Gasteiger partial charge in [-0.2, -0.15) is 0 Å². The van der Waals surface area contributed by atoms with E-state index in [1.807, 2.05) is 0 Å². The van der Waals surface area contributed by atoms with Crippen molar-refractivity contribution < 1.29 is 0 Å². The third-order valence-electron chi connectivity index (χ3n) is 1.54. The zero-order valence-corrected chi connectivity index (χ0v) is 5.48. The van der Waals surface area contributed by atoms with E-state index >= 15 is 0 Å². The molecule has 1 atom stereocenters. The van der Waals surface area contributed by atoms with Gasteiger partial charge < -0.3 is 5.32 Å². The lowest BCUT2D eigenvalue weighted by Crippen LogP contribution is -2.27. The molecule has 1 aliphatic rings. The highest BCUT2D eigenvalue weighted by Gasteiger charge is 2.04. The molecule has 1 heterocycles. The van der Waals surface area contributed by atoms with E-state index in [1.165, 1.54) is 25.9 Å². The summed E-state index contributed by atoms with van der Waals surface area (Å²) in [5, 5.41) is 3.33. The number of hydrogen-bond donors (Lipinski definition) is 1. The van der Waals surface area contributed by atoms with Gasteiger partial charge in [0.2, 0.25) is 0 Å². The minimum absolute atomic E-state index is 0. The van der Waals surface area contributed by atoms with Crippen molar-refractivity contribution in [3.63, 3.8) is 0 Å². The van der Waals surface area contributed by atoms with E-state index < -0.39 is 0 Å². The van der Waals surface area contributed by atoms with Gasteiger partial charge in [-0.3, -0.25) is 0 Å². The molecular weight excluding hydrogens is 96.9 g/mol. The molecule has 1 saturated heterocycles. The van der Waals surface area contributed by atoms with Crippen LogP contribution in [-0.2, 0) is 0 Å². The third kappa shape index (κ3) is 2.36. The van der Waals surface area contributed by atoms with Gasteiger partial charge in [0, 0.05) is 8.41 Å². The third-order valence-corrected chi connectivity index (χ3v) is 1.54. The van der Waals surface area contributed by atoms with E-state index in [-0.39, 0.29) is 8.41 Å². The van der Waals surface area contributed by atoms with Gasteiger partial charge in [0.25, 0.3) is 0 Å². The van der Waals surface area contributed by atoms with Crippen molar-refractivity contribution in [1.29, 1.82) is 0 Å². The first-order chi connectivity index (χ1) is 3.39. The molecule has 8 heavy (non-hydrogen) atoms. The van der Waals surface area contributed by atoms with Gasteiger partial charge in [-0.15, -0.1) is 0 Å². The average molecular weight is 110 g/mol. The smallest absolute Gasteiger partial charge is 0 e. The van der Waals surface area contributed by atoms with E-state index in [2.05, 4.69) is 12.2 Å². The Bertz CT molecular complexity index is 50.5. The Labute approximate surface area is 53.4 Å².